The van der Waals surface area contributed by atoms with E-state index < -0.39 is 27.9 Å². The Morgan fingerprint density at radius 3 is 2.65 bits per heavy atom. The fraction of sp³-hybridized carbons (Fsp3) is 0.417. The fourth-order valence-electron chi connectivity index (χ4n) is 2.01. The van der Waals surface area contributed by atoms with Crippen LogP contribution in [0.4, 0.5) is 0 Å². The Kier molecular flexibility index (Phi) is 4.09. The van der Waals surface area contributed by atoms with Crippen LogP contribution < -0.4 is 5.73 Å². The van der Waals surface area contributed by atoms with Crippen LogP contribution in [0.1, 0.15) is 35.3 Å². The molecule has 0 amide bonds. The Hall–Kier alpha value is -1.48. The van der Waals surface area contributed by atoms with Gasteiger partial charge in [0, 0.05) is 6.04 Å². The van der Waals surface area contributed by atoms with Crippen LogP contribution in [0.2, 0.25) is 0 Å². The highest BCUT2D eigenvalue weighted by Crippen LogP contribution is 2.34. The van der Waals surface area contributed by atoms with Gasteiger partial charge in [-0.1, -0.05) is 18.2 Å². The number of hydrogen-bond donors (Lipinski definition) is 3. The molecule has 0 bridgehead atoms. The molecule has 1 aromatic rings. The summed E-state index contributed by atoms with van der Waals surface area (Å²) in [5, 5.41) is 8.73. The molecule has 0 aliphatic carbocycles. The smallest absolute Gasteiger partial charge is 0.305 e. The number of carbonyl (C=O) groups is 1. The van der Waals surface area contributed by atoms with Crippen molar-refractivity contribution in [1.82, 2.24) is 0 Å². The zero-order valence-corrected chi connectivity index (χ0v) is 11.3. The van der Waals surface area contributed by atoms with Crippen LogP contribution >= 0.6 is 0 Å². The van der Waals surface area contributed by atoms with Crippen molar-refractivity contribution in [1.29, 1.82) is 0 Å². The molecular formula is C12H15NO6S. The Balaban J connectivity index is 2.30. The SMILES string of the molecule is NC(CC(=O)O)c1ccc(CS(=O)(=O)O)c(C2CO2)c1. The molecule has 110 valence electrons. The van der Waals surface area contributed by atoms with E-state index in [1.165, 1.54) is 6.07 Å². The Morgan fingerprint density at radius 1 is 1.50 bits per heavy atom. The molecule has 20 heavy (non-hydrogen) atoms. The van der Waals surface area contributed by atoms with Crippen molar-refractivity contribution in [3.05, 3.63) is 34.9 Å². The van der Waals surface area contributed by atoms with E-state index in [1.54, 1.807) is 12.1 Å². The van der Waals surface area contributed by atoms with E-state index in [-0.39, 0.29) is 12.5 Å². The van der Waals surface area contributed by atoms with E-state index in [4.69, 9.17) is 20.1 Å². The first-order chi connectivity index (χ1) is 9.26. The molecular weight excluding hydrogens is 286 g/mol. The van der Waals surface area contributed by atoms with Gasteiger partial charge in [-0.2, -0.15) is 8.42 Å². The molecule has 0 spiro atoms. The van der Waals surface area contributed by atoms with Gasteiger partial charge >= 0.3 is 5.97 Å². The Morgan fingerprint density at radius 2 is 2.15 bits per heavy atom. The number of epoxide rings is 1. The number of carboxylic acids is 1. The standard InChI is InChI=1S/C12H15NO6S/c13-10(4-12(14)15)7-1-2-8(6-20(16,17)18)9(3-7)11-5-19-11/h1-3,10-11H,4-6,13H2,(H,14,15)(H,16,17,18). The minimum atomic E-state index is -4.14. The van der Waals surface area contributed by atoms with E-state index in [0.717, 1.165) is 0 Å². The first kappa shape index (κ1) is 14.9. The average Bonchev–Trinajstić information content (AvgIpc) is 3.10. The van der Waals surface area contributed by atoms with Crippen molar-refractivity contribution in [3.8, 4) is 0 Å². The molecule has 2 rings (SSSR count). The summed E-state index contributed by atoms with van der Waals surface area (Å²) in [5.41, 5.74) is 7.43. The monoisotopic (exact) mass is 301 g/mol. The second-order valence-electron chi connectivity index (χ2n) is 4.71. The average molecular weight is 301 g/mol. The van der Waals surface area contributed by atoms with Crippen LogP contribution in [0.3, 0.4) is 0 Å². The van der Waals surface area contributed by atoms with Gasteiger partial charge in [0.2, 0.25) is 0 Å². The maximum absolute atomic E-state index is 11.0. The highest BCUT2D eigenvalue weighted by Gasteiger charge is 2.29. The number of ether oxygens (including phenoxy) is 1. The number of benzene rings is 1. The summed E-state index contributed by atoms with van der Waals surface area (Å²) in [6.07, 6.45) is -0.438. The van der Waals surface area contributed by atoms with E-state index in [0.29, 0.717) is 23.3 Å². The van der Waals surface area contributed by atoms with Gasteiger partial charge in [-0.05, 0) is 16.7 Å². The third-order valence-electron chi connectivity index (χ3n) is 3.01. The third kappa shape index (κ3) is 4.01. The van der Waals surface area contributed by atoms with E-state index in [2.05, 4.69) is 0 Å². The largest absolute Gasteiger partial charge is 0.481 e. The van der Waals surface area contributed by atoms with Gasteiger partial charge in [0.15, 0.2) is 0 Å². The molecule has 0 radical (unpaired) electrons. The van der Waals surface area contributed by atoms with Gasteiger partial charge in [-0.25, -0.2) is 0 Å². The number of nitrogens with two attached hydrogens (primary N) is 1. The maximum atomic E-state index is 11.0. The van der Waals surface area contributed by atoms with Crippen LogP contribution in [-0.4, -0.2) is 30.7 Å². The van der Waals surface area contributed by atoms with Gasteiger partial charge < -0.3 is 15.6 Å². The lowest BCUT2D eigenvalue weighted by Crippen LogP contribution is -2.15. The van der Waals surface area contributed by atoms with Crippen molar-refractivity contribution >= 4 is 16.1 Å². The quantitative estimate of drug-likeness (QED) is 0.518. The van der Waals surface area contributed by atoms with E-state index in [1.807, 2.05) is 0 Å². The number of hydrogen-bond acceptors (Lipinski definition) is 5. The molecule has 8 heteroatoms. The first-order valence-electron chi connectivity index (χ1n) is 5.93. The van der Waals surface area contributed by atoms with Crippen molar-refractivity contribution in [2.45, 2.75) is 24.3 Å². The molecule has 1 saturated heterocycles. The molecule has 0 saturated carbocycles. The maximum Gasteiger partial charge on any atom is 0.305 e. The molecule has 0 aromatic heterocycles. The van der Waals surface area contributed by atoms with Gasteiger partial charge in [-0.3, -0.25) is 9.35 Å². The van der Waals surface area contributed by atoms with Crippen LogP contribution in [0.15, 0.2) is 18.2 Å². The topological polar surface area (TPSA) is 130 Å². The normalized spacial score (nSPS) is 19.6. The van der Waals surface area contributed by atoms with Crippen molar-refractivity contribution in [2.75, 3.05) is 6.61 Å². The predicted molar refractivity (Wildman–Crippen MR) is 69.6 cm³/mol. The zero-order valence-electron chi connectivity index (χ0n) is 10.5. The summed E-state index contributed by atoms with van der Waals surface area (Å²) >= 11 is 0. The number of aliphatic carboxylic acids is 1. The minimum absolute atomic E-state index is 0.219. The molecule has 2 atom stereocenters. The summed E-state index contributed by atoms with van der Waals surface area (Å²) in [5.74, 6) is -1.51. The summed E-state index contributed by atoms with van der Waals surface area (Å²) in [7, 11) is -4.14. The Bertz CT molecular complexity index is 623. The van der Waals surface area contributed by atoms with Crippen molar-refractivity contribution in [2.24, 2.45) is 5.73 Å². The van der Waals surface area contributed by atoms with E-state index in [9.17, 15) is 13.2 Å². The van der Waals surface area contributed by atoms with Gasteiger partial charge in [0.05, 0.1) is 13.0 Å². The van der Waals surface area contributed by atoms with Crippen LogP contribution in [0.5, 0.6) is 0 Å². The number of carboxylic acid groups (broad SMARTS) is 1. The molecule has 4 N–H and O–H groups in total. The highest BCUT2D eigenvalue weighted by molar-refractivity contribution is 7.85. The molecule has 7 nitrogen and oxygen atoms in total. The predicted octanol–water partition coefficient (Wildman–Crippen LogP) is 0.620. The van der Waals surface area contributed by atoms with Crippen molar-refractivity contribution in [3.63, 3.8) is 0 Å². The molecule has 1 aliphatic heterocycles. The molecule has 1 fully saturated rings. The Labute approximate surface area is 116 Å². The van der Waals surface area contributed by atoms with Crippen LogP contribution in [0.25, 0.3) is 0 Å². The summed E-state index contributed by atoms with van der Waals surface area (Å²) in [4.78, 5) is 10.7. The summed E-state index contributed by atoms with van der Waals surface area (Å²) in [6, 6.07) is 4.07. The lowest BCUT2D eigenvalue weighted by molar-refractivity contribution is -0.137. The van der Waals surface area contributed by atoms with Gasteiger partial charge in [0.1, 0.15) is 11.9 Å². The van der Waals surface area contributed by atoms with Crippen LogP contribution in [-0.2, 0) is 25.4 Å². The highest BCUT2D eigenvalue weighted by atomic mass is 32.2. The second-order valence-corrected chi connectivity index (χ2v) is 6.16. The first-order valence-corrected chi connectivity index (χ1v) is 7.54. The van der Waals surface area contributed by atoms with Crippen molar-refractivity contribution < 1.29 is 27.6 Å². The summed E-state index contributed by atoms with van der Waals surface area (Å²) in [6.45, 7) is 0.468. The van der Waals surface area contributed by atoms with E-state index >= 15 is 0 Å². The second kappa shape index (κ2) is 5.49. The summed E-state index contributed by atoms with van der Waals surface area (Å²) < 4.78 is 36.0. The minimum Gasteiger partial charge on any atom is -0.481 e. The molecule has 1 aromatic carbocycles. The zero-order chi connectivity index (χ0) is 14.9. The lowest BCUT2D eigenvalue weighted by atomic mass is 9.97. The third-order valence-corrected chi connectivity index (χ3v) is 3.69. The van der Waals surface area contributed by atoms with Gasteiger partial charge in [0.25, 0.3) is 10.1 Å². The molecule has 1 heterocycles. The fourth-order valence-corrected chi connectivity index (χ4v) is 2.66. The molecule has 2 unspecified atom stereocenters. The lowest BCUT2D eigenvalue weighted by Gasteiger charge is -2.13. The number of rotatable bonds is 6. The van der Waals surface area contributed by atoms with Gasteiger partial charge in [-0.15, -0.1) is 0 Å². The molecule has 1 aliphatic rings. The van der Waals surface area contributed by atoms with Crippen LogP contribution in [0, 0.1) is 0 Å².